The maximum Gasteiger partial charge on any atom is 0.320 e. The van der Waals surface area contributed by atoms with Gasteiger partial charge in [-0.05, 0) is 24.2 Å². The standard InChI is InChI=1S/C10H17NO2/c1-2-3-7-4-10(7)5-8(9(12)13)11-6-10/h7-8,11H,2-6H2,1H3,(H,12,13)/t7-,8-,10?/m0/s1. The predicted octanol–water partition coefficient (Wildman–Crippen LogP) is 1.24. The van der Waals surface area contributed by atoms with Gasteiger partial charge >= 0.3 is 5.97 Å². The molecule has 2 aliphatic rings. The van der Waals surface area contributed by atoms with Crippen molar-refractivity contribution < 1.29 is 9.90 Å². The molecule has 2 rings (SSSR count). The molecular weight excluding hydrogens is 166 g/mol. The van der Waals surface area contributed by atoms with E-state index in [0.29, 0.717) is 5.41 Å². The molecule has 1 unspecified atom stereocenters. The molecule has 0 aromatic heterocycles. The van der Waals surface area contributed by atoms with Gasteiger partial charge in [0.25, 0.3) is 0 Å². The minimum atomic E-state index is -0.681. The lowest BCUT2D eigenvalue weighted by Crippen LogP contribution is -2.29. The minimum absolute atomic E-state index is 0.276. The third kappa shape index (κ3) is 1.46. The molecule has 0 aromatic carbocycles. The monoisotopic (exact) mass is 183 g/mol. The van der Waals surface area contributed by atoms with E-state index >= 15 is 0 Å². The van der Waals surface area contributed by atoms with Crippen LogP contribution in [0, 0.1) is 11.3 Å². The molecule has 1 saturated heterocycles. The molecule has 1 saturated carbocycles. The van der Waals surface area contributed by atoms with Gasteiger partial charge in [0.15, 0.2) is 0 Å². The highest BCUT2D eigenvalue weighted by Gasteiger charge is 2.57. The van der Waals surface area contributed by atoms with E-state index in [1.54, 1.807) is 0 Å². The van der Waals surface area contributed by atoms with Gasteiger partial charge in [-0.1, -0.05) is 19.8 Å². The summed E-state index contributed by atoms with van der Waals surface area (Å²) in [7, 11) is 0. The zero-order valence-corrected chi connectivity index (χ0v) is 8.05. The molecule has 3 nitrogen and oxygen atoms in total. The van der Waals surface area contributed by atoms with Crippen molar-refractivity contribution in [2.45, 2.75) is 38.6 Å². The first kappa shape index (κ1) is 9.00. The summed E-state index contributed by atoms with van der Waals surface area (Å²) in [5, 5.41) is 11.9. The lowest BCUT2D eigenvalue weighted by Gasteiger charge is -2.05. The van der Waals surface area contributed by atoms with Gasteiger partial charge in [0.1, 0.15) is 6.04 Å². The topological polar surface area (TPSA) is 49.3 Å². The summed E-state index contributed by atoms with van der Waals surface area (Å²) in [5.41, 5.74) is 0.374. The second kappa shape index (κ2) is 2.98. The van der Waals surface area contributed by atoms with Crippen LogP contribution in [0.5, 0.6) is 0 Å². The van der Waals surface area contributed by atoms with Gasteiger partial charge in [-0.3, -0.25) is 4.79 Å². The predicted molar refractivity (Wildman–Crippen MR) is 49.5 cm³/mol. The Bertz CT molecular complexity index is 229. The third-order valence-corrected chi connectivity index (χ3v) is 3.61. The van der Waals surface area contributed by atoms with Gasteiger partial charge < -0.3 is 10.4 Å². The van der Waals surface area contributed by atoms with Gasteiger partial charge in [0.05, 0.1) is 0 Å². The van der Waals surface area contributed by atoms with E-state index in [1.165, 1.54) is 19.3 Å². The molecule has 2 fully saturated rings. The van der Waals surface area contributed by atoms with Gasteiger partial charge in [-0.15, -0.1) is 0 Å². The Morgan fingerprint density at radius 1 is 1.62 bits per heavy atom. The summed E-state index contributed by atoms with van der Waals surface area (Å²) in [5.74, 6) is 0.119. The molecule has 1 heterocycles. The number of carboxylic acid groups (broad SMARTS) is 1. The summed E-state index contributed by atoms with van der Waals surface area (Å²) >= 11 is 0. The van der Waals surface area contributed by atoms with Crippen molar-refractivity contribution in [3.05, 3.63) is 0 Å². The van der Waals surface area contributed by atoms with Crippen LogP contribution in [0.15, 0.2) is 0 Å². The number of aliphatic carboxylic acids is 1. The van der Waals surface area contributed by atoms with Crippen molar-refractivity contribution in [2.24, 2.45) is 11.3 Å². The first-order valence-corrected chi connectivity index (χ1v) is 5.14. The van der Waals surface area contributed by atoms with Crippen LogP contribution < -0.4 is 5.32 Å². The molecule has 3 atom stereocenters. The van der Waals surface area contributed by atoms with Crippen molar-refractivity contribution in [2.75, 3.05) is 6.54 Å². The number of nitrogens with one attached hydrogen (secondary N) is 1. The van der Waals surface area contributed by atoms with E-state index in [-0.39, 0.29) is 6.04 Å². The van der Waals surface area contributed by atoms with Crippen LogP contribution in [0.25, 0.3) is 0 Å². The fourth-order valence-electron chi connectivity index (χ4n) is 2.71. The fraction of sp³-hybridized carbons (Fsp3) is 0.900. The van der Waals surface area contributed by atoms with Gasteiger partial charge in [-0.2, -0.15) is 0 Å². The minimum Gasteiger partial charge on any atom is -0.480 e. The third-order valence-electron chi connectivity index (χ3n) is 3.61. The SMILES string of the molecule is CCC[C@H]1CC12CN[C@H](C(=O)O)C2. The number of carboxylic acids is 1. The summed E-state index contributed by atoms with van der Waals surface area (Å²) in [6.07, 6.45) is 4.60. The Kier molecular flexibility index (Phi) is 2.06. The first-order valence-electron chi connectivity index (χ1n) is 5.14. The molecule has 0 amide bonds. The Morgan fingerprint density at radius 3 is 2.92 bits per heavy atom. The molecule has 1 aliphatic carbocycles. The van der Waals surface area contributed by atoms with Crippen LogP contribution in [0.2, 0.25) is 0 Å². The molecular formula is C10H17NO2. The largest absolute Gasteiger partial charge is 0.480 e. The quantitative estimate of drug-likeness (QED) is 0.692. The zero-order chi connectivity index (χ0) is 9.47. The molecule has 2 N–H and O–H groups in total. The summed E-state index contributed by atoms with van der Waals surface area (Å²) in [4.78, 5) is 10.7. The number of rotatable bonds is 3. The van der Waals surface area contributed by atoms with Crippen molar-refractivity contribution in [1.29, 1.82) is 0 Å². The molecule has 1 aliphatic heterocycles. The van der Waals surface area contributed by atoms with E-state index in [2.05, 4.69) is 12.2 Å². The van der Waals surface area contributed by atoms with Gasteiger partial charge in [0, 0.05) is 6.54 Å². The lowest BCUT2D eigenvalue weighted by atomic mass is 9.98. The number of hydrogen-bond donors (Lipinski definition) is 2. The van der Waals surface area contributed by atoms with Crippen molar-refractivity contribution >= 4 is 5.97 Å². The first-order chi connectivity index (χ1) is 6.18. The molecule has 3 heteroatoms. The maximum absolute atomic E-state index is 10.7. The van der Waals surface area contributed by atoms with Crippen LogP contribution in [-0.4, -0.2) is 23.7 Å². The molecule has 74 valence electrons. The summed E-state index contributed by atoms with van der Waals surface area (Å²) in [6, 6.07) is -0.276. The highest BCUT2D eigenvalue weighted by Crippen LogP contribution is 2.59. The lowest BCUT2D eigenvalue weighted by molar-refractivity contribution is -0.139. The van der Waals surface area contributed by atoms with Crippen LogP contribution in [0.3, 0.4) is 0 Å². The normalized spacial score (nSPS) is 42.5. The average molecular weight is 183 g/mol. The Balaban J connectivity index is 1.89. The van der Waals surface area contributed by atoms with Crippen LogP contribution in [0.4, 0.5) is 0 Å². The number of hydrogen-bond acceptors (Lipinski definition) is 2. The smallest absolute Gasteiger partial charge is 0.320 e. The zero-order valence-electron chi connectivity index (χ0n) is 8.05. The second-order valence-electron chi connectivity index (χ2n) is 4.53. The van der Waals surface area contributed by atoms with E-state index in [0.717, 1.165) is 18.9 Å². The van der Waals surface area contributed by atoms with Crippen LogP contribution in [0.1, 0.15) is 32.6 Å². The van der Waals surface area contributed by atoms with Gasteiger partial charge in [0.2, 0.25) is 0 Å². The maximum atomic E-state index is 10.7. The summed E-state index contributed by atoms with van der Waals surface area (Å²) in [6.45, 7) is 3.12. The van der Waals surface area contributed by atoms with Crippen molar-refractivity contribution in [1.82, 2.24) is 5.32 Å². The van der Waals surface area contributed by atoms with E-state index in [9.17, 15) is 4.79 Å². The van der Waals surface area contributed by atoms with Crippen molar-refractivity contribution in [3.63, 3.8) is 0 Å². The highest BCUT2D eigenvalue weighted by atomic mass is 16.4. The Labute approximate surface area is 78.5 Å². The molecule has 1 spiro atoms. The van der Waals surface area contributed by atoms with E-state index < -0.39 is 5.97 Å². The Hall–Kier alpha value is -0.570. The molecule has 0 bridgehead atoms. The van der Waals surface area contributed by atoms with Crippen LogP contribution in [-0.2, 0) is 4.79 Å². The highest BCUT2D eigenvalue weighted by molar-refractivity contribution is 5.74. The summed E-state index contributed by atoms with van der Waals surface area (Å²) < 4.78 is 0. The van der Waals surface area contributed by atoms with Crippen LogP contribution >= 0.6 is 0 Å². The molecule has 13 heavy (non-hydrogen) atoms. The van der Waals surface area contributed by atoms with Crippen molar-refractivity contribution in [3.8, 4) is 0 Å². The number of carbonyl (C=O) groups is 1. The van der Waals surface area contributed by atoms with E-state index in [4.69, 9.17) is 5.11 Å². The average Bonchev–Trinajstić information content (AvgIpc) is 2.58. The second-order valence-corrected chi connectivity index (χ2v) is 4.53. The molecule has 0 radical (unpaired) electrons. The molecule has 0 aromatic rings. The van der Waals surface area contributed by atoms with Gasteiger partial charge in [-0.25, -0.2) is 0 Å². The van der Waals surface area contributed by atoms with E-state index in [1.807, 2.05) is 0 Å². The fourth-order valence-corrected chi connectivity index (χ4v) is 2.71. The Morgan fingerprint density at radius 2 is 2.38 bits per heavy atom.